The fraction of sp³-hybridized carbons (Fsp3) is 0.261. The second kappa shape index (κ2) is 10.8. The molecular formula is C23H24F3N5O3. The summed E-state index contributed by atoms with van der Waals surface area (Å²) in [4.78, 5) is 30.3. The number of benzene rings is 2. The molecule has 0 aliphatic rings. The third-order valence-electron chi connectivity index (χ3n) is 4.76. The molecule has 0 saturated heterocycles. The molecule has 0 radical (unpaired) electrons. The van der Waals surface area contributed by atoms with Crippen LogP contribution in [-0.4, -0.2) is 53.1 Å². The number of rotatable bonds is 9. The minimum atomic E-state index is -4.36. The maximum Gasteiger partial charge on any atom is 0.406 e. The van der Waals surface area contributed by atoms with E-state index >= 15 is 0 Å². The van der Waals surface area contributed by atoms with Gasteiger partial charge in [0.2, 0.25) is 5.91 Å². The average molecular weight is 475 g/mol. The molecule has 3 aromatic rings. The van der Waals surface area contributed by atoms with Crippen molar-refractivity contribution >= 4 is 23.2 Å². The van der Waals surface area contributed by atoms with E-state index < -0.39 is 12.7 Å². The van der Waals surface area contributed by atoms with Crippen LogP contribution in [0.2, 0.25) is 0 Å². The van der Waals surface area contributed by atoms with Crippen LogP contribution in [0.25, 0.3) is 0 Å². The van der Waals surface area contributed by atoms with Gasteiger partial charge < -0.3 is 19.9 Å². The number of likely N-dealkylation sites (N-methyl/N-ethyl adjacent to an activating group) is 1. The summed E-state index contributed by atoms with van der Waals surface area (Å²) in [5.41, 5.74) is 1.40. The number of amides is 2. The standard InChI is InChI=1S/C23H24F3N5O3/c1-30(13-20-27-11-12-31(20)15-23(24,25)26)14-21(32)28-17-9-7-16(8-10-17)22(33)29-18-5-3-4-6-19(18)34-2/h3-12H,13-15H2,1-2H3,(H,28,32)(H,29,33). The van der Waals surface area contributed by atoms with Crippen LogP contribution in [-0.2, 0) is 17.9 Å². The normalized spacial score (nSPS) is 11.4. The fourth-order valence-corrected chi connectivity index (χ4v) is 3.22. The summed E-state index contributed by atoms with van der Waals surface area (Å²) in [5.74, 6) is 0.0434. The summed E-state index contributed by atoms with van der Waals surface area (Å²) >= 11 is 0. The van der Waals surface area contributed by atoms with Crippen molar-refractivity contribution in [3.05, 3.63) is 72.3 Å². The van der Waals surface area contributed by atoms with E-state index in [0.717, 1.165) is 4.57 Å². The highest BCUT2D eigenvalue weighted by atomic mass is 19.4. The minimum absolute atomic E-state index is 0.0606. The Balaban J connectivity index is 1.53. The molecule has 2 N–H and O–H groups in total. The Morgan fingerprint density at radius 3 is 2.47 bits per heavy atom. The van der Waals surface area contributed by atoms with E-state index in [2.05, 4.69) is 15.6 Å². The molecular weight excluding hydrogens is 451 g/mol. The Morgan fingerprint density at radius 1 is 1.09 bits per heavy atom. The fourth-order valence-electron chi connectivity index (χ4n) is 3.22. The second-order valence-corrected chi connectivity index (χ2v) is 7.54. The van der Waals surface area contributed by atoms with Crippen molar-refractivity contribution < 1.29 is 27.5 Å². The first-order valence-electron chi connectivity index (χ1n) is 10.2. The summed E-state index contributed by atoms with van der Waals surface area (Å²) in [5, 5.41) is 5.47. The highest BCUT2D eigenvalue weighted by Crippen LogP contribution is 2.24. The summed E-state index contributed by atoms with van der Waals surface area (Å²) in [7, 11) is 3.12. The zero-order valence-corrected chi connectivity index (χ0v) is 18.6. The minimum Gasteiger partial charge on any atom is -0.495 e. The molecule has 1 aromatic heterocycles. The maximum atomic E-state index is 12.7. The number of nitrogens with one attached hydrogen (secondary N) is 2. The number of anilines is 2. The van der Waals surface area contributed by atoms with Crippen LogP contribution >= 0.6 is 0 Å². The zero-order chi connectivity index (χ0) is 24.7. The van der Waals surface area contributed by atoms with Crippen LogP contribution < -0.4 is 15.4 Å². The molecule has 3 rings (SSSR count). The number of hydrogen-bond acceptors (Lipinski definition) is 5. The highest BCUT2D eigenvalue weighted by Gasteiger charge is 2.29. The third kappa shape index (κ3) is 7.07. The zero-order valence-electron chi connectivity index (χ0n) is 18.6. The Hall–Kier alpha value is -3.86. The molecule has 0 atom stereocenters. The number of halogens is 3. The molecule has 1 heterocycles. The summed E-state index contributed by atoms with van der Waals surface area (Å²) in [6.07, 6.45) is -1.81. The number of carbonyl (C=O) groups is 2. The number of carbonyl (C=O) groups excluding carboxylic acids is 2. The molecule has 0 saturated carbocycles. The lowest BCUT2D eigenvalue weighted by Gasteiger charge is -2.17. The Labute approximate surface area is 194 Å². The van der Waals surface area contributed by atoms with E-state index in [4.69, 9.17) is 4.74 Å². The van der Waals surface area contributed by atoms with Crippen molar-refractivity contribution in [2.75, 3.05) is 31.3 Å². The molecule has 0 fully saturated rings. The van der Waals surface area contributed by atoms with Gasteiger partial charge in [-0.2, -0.15) is 13.2 Å². The van der Waals surface area contributed by atoms with Crippen molar-refractivity contribution in [2.24, 2.45) is 0 Å². The number of hydrogen-bond donors (Lipinski definition) is 2. The Bertz CT molecular complexity index is 1130. The van der Waals surface area contributed by atoms with Gasteiger partial charge in [-0.15, -0.1) is 0 Å². The van der Waals surface area contributed by atoms with Crippen molar-refractivity contribution in [2.45, 2.75) is 19.3 Å². The lowest BCUT2D eigenvalue weighted by molar-refractivity contribution is -0.141. The average Bonchev–Trinajstić information content (AvgIpc) is 3.19. The van der Waals surface area contributed by atoms with Crippen LogP contribution in [0, 0.1) is 0 Å². The Kier molecular flexibility index (Phi) is 7.90. The van der Waals surface area contributed by atoms with Gasteiger partial charge in [0.05, 0.1) is 25.9 Å². The third-order valence-corrected chi connectivity index (χ3v) is 4.76. The van der Waals surface area contributed by atoms with Gasteiger partial charge in [-0.25, -0.2) is 4.98 Å². The van der Waals surface area contributed by atoms with Gasteiger partial charge in [0.15, 0.2) is 0 Å². The molecule has 2 amide bonds. The molecule has 180 valence electrons. The summed E-state index contributed by atoms with van der Waals surface area (Å²) in [6.45, 7) is -1.13. The van der Waals surface area contributed by atoms with Crippen LogP contribution in [0.15, 0.2) is 60.9 Å². The predicted octanol–water partition coefficient (Wildman–Crippen LogP) is 3.78. The van der Waals surface area contributed by atoms with E-state index in [1.165, 1.54) is 19.5 Å². The van der Waals surface area contributed by atoms with Crippen LogP contribution in [0.5, 0.6) is 5.75 Å². The van der Waals surface area contributed by atoms with Crippen molar-refractivity contribution in [1.29, 1.82) is 0 Å². The number of para-hydroxylation sites is 2. The quantitative estimate of drug-likeness (QED) is 0.492. The first kappa shape index (κ1) is 24.8. The maximum absolute atomic E-state index is 12.7. The van der Waals surface area contributed by atoms with Gasteiger partial charge in [-0.3, -0.25) is 14.5 Å². The monoisotopic (exact) mass is 475 g/mol. The molecule has 11 heteroatoms. The number of alkyl halides is 3. The number of aromatic nitrogens is 2. The highest BCUT2D eigenvalue weighted by molar-refractivity contribution is 6.05. The SMILES string of the molecule is COc1ccccc1NC(=O)c1ccc(NC(=O)CN(C)Cc2nccn2CC(F)(F)F)cc1. The first-order chi connectivity index (χ1) is 16.1. The van der Waals surface area contributed by atoms with E-state index in [1.807, 2.05) is 0 Å². The van der Waals surface area contributed by atoms with Gasteiger partial charge >= 0.3 is 6.18 Å². The van der Waals surface area contributed by atoms with Crippen molar-refractivity contribution in [3.63, 3.8) is 0 Å². The number of methoxy groups -OCH3 is 1. The molecule has 2 aromatic carbocycles. The van der Waals surface area contributed by atoms with Gasteiger partial charge in [0.1, 0.15) is 18.1 Å². The topological polar surface area (TPSA) is 88.5 Å². The second-order valence-electron chi connectivity index (χ2n) is 7.54. The molecule has 34 heavy (non-hydrogen) atoms. The molecule has 0 unspecified atom stereocenters. The van der Waals surface area contributed by atoms with Gasteiger partial charge in [-0.05, 0) is 43.4 Å². The van der Waals surface area contributed by atoms with Gasteiger partial charge in [0, 0.05) is 23.6 Å². The van der Waals surface area contributed by atoms with Crippen molar-refractivity contribution in [3.8, 4) is 5.75 Å². The Morgan fingerprint density at radius 2 is 1.79 bits per heavy atom. The largest absolute Gasteiger partial charge is 0.495 e. The summed E-state index contributed by atoms with van der Waals surface area (Å²) < 4.78 is 44.2. The van der Waals surface area contributed by atoms with Crippen molar-refractivity contribution in [1.82, 2.24) is 14.5 Å². The smallest absolute Gasteiger partial charge is 0.406 e. The number of ether oxygens (including phenoxy) is 1. The number of nitrogens with zero attached hydrogens (tertiary/aromatic N) is 3. The number of imidazole rings is 1. The van der Waals surface area contributed by atoms with Crippen LogP contribution in [0.1, 0.15) is 16.2 Å². The van der Waals surface area contributed by atoms with Gasteiger partial charge in [-0.1, -0.05) is 12.1 Å². The molecule has 0 spiro atoms. The molecule has 0 bridgehead atoms. The predicted molar refractivity (Wildman–Crippen MR) is 121 cm³/mol. The van der Waals surface area contributed by atoms with E-state index in [0.29, 0.717) is 22.7 Å². The molecule has 0 aliphatic carbocycles. The lowest BCUT2D eigenvalue weighted by Crippen LogP contribution is -2.31. The summed E-state index contributed by atoms with van der Waals surface area (Å²) in [6, 6.07) is 13.3. The molecule has 8 nitrogen and oxygen atoms in total. The van der Waals surface area contributed by atoms with Gasteiger partial charge in [0.25, 0.3) is 5.91 Å². The van der Waals surface area contributed by atoms with E-state index in [9.17, 15) is 22.8 Å². The van der Waals surface area contributed by atoms with Crippen LogP contribution in [0.4, 0.5) is 24.5 Å². The first-order valence-corrected chi connectivity index (χ1v) is 10.2. The van der Waals surface area contributed by atoms with E-state index in [-0.39, 0.29) is 30.7 Å². The van der Waals surface area contributed by atoms with E-state index in [1.54, 1.807) is 60.5 Å². The lowest BCUT2D eigenvalue weighted by atomic mass is 10.2. The molecule has 0 aliphatic heterocycles. The van der Waals surface area contributed by atoms with Crippen LogP contribution in [0.3, 0.4) is 0 Å².